The Kier molecular flexibility index (Phi) is 13.6. The molecule has 0 atom stereocenters. The van der Waals surface area contributed by atoms with Gasteiger partial charge in [0.1, 0.15) is 6.33 Å². The van der Waals surface area contributed by atoms with Crippen LogP contribution in [-0.2, 0) is 31.3 Å². The second-order valence-electron chi connectivity index (χ2n) is 14.9. The monoisotopic (exact) mass is 891 g/mol. The van der Waals surface area contributed by atoms with E-state index in [1.165, 1.54) is 38.6 Å². The van der Waals surface area contributed by atoms with Crippen LogP contribution >= 0.6 is 11.3 Å². The van der Waals surface area contributed by atoms with Crippen molar-refractivity contribution in [3.05, 3.63) is 108 Å². The zero-order chi connectivity index (χ0) is 37.7. The van der Waals surface area contributed by atoms with Crippen molar-refractivity contribution in [2.24, 2.45) is 17.3 Å². The number of aliphatic hydroxyl groups is 1. The number of rotatable bonds is 10. The van der Waals surface area contributed by atoms with Crippen molar-refractivity contribution in [1.82, 2.24) is 9.97 Å². The maximum absolute atomic E-state index is 11.7. The van der Waals surface area contributed by atoms with Crippen LogP contribution in [0.4, 0.5) is 0 Å². The first-order chi connectivity index (χ1) is 24.8. The van der Waals surface area contributed by atoms with Crippen molar-refractivity contribution in [2.45, 2.75) is 94.4 Å². The molecule has 0 aliphatic rings. The van der Waals surface area contributed by atoms with Crippen LogP contribution in [-0.4, -0.2) is 20.9 Å². The van der Waals surface area contributed by atoms with Crippen LogP contribution in [0.5, 0.6) is 0 Å². The van der Waals surface area contributed by atoms with Crippen LogP contribution in [0.25, 0.3) is 53.5 Å². The molecule has 2 aromatic heterocycles. The number of hydrogen-bond acceptors (Lipinski definition) is 5. The second kappa shape index (κ2) is 17.9. The summed E-state index contributed by atoms with van der Waals surface area (Å²) in [5.41, 5.74) is 9.41. The molecule has 6 heteroatoms. The van der Waals surface area contributed by atoms with Gasteiger partial charge in [-0.3, -0.25) is 9.78 Å². The van der Waals surface area contributed by atoms with Gasteiger partial charge in [-0.15, -0.1) is 41.0 Å². The van der Waals surface area contributed by atoms with Crippen molar-refractivity contribution in [3.63, 3.8) is 0 Å². The largest absolute Gasteiger partial charge is 0.512 e. The number of ketones is 1. The number of allylic oxidation sites excluding steroid dienone is 2. The number of aryl methyl sites for hydroxylation is 2. The number of fused-ring (bicyclic) bond motifs is 4. The average molecular weight is 891 g/mol. The smallest absolute Gasteiger partial charge is 0.162 e. The van der Waals surface area contributed by atoms with Crippen molar-refractivity contribution >= 4 is 48.2 Å². The van der Waals surface area contributed by atoms with Gasteiger partial charge in [-0.25, -0.2) is 4.98 Å². The predicted octanol–water partition coefficient (Wildman–Crippen LogP) is 13.2. The third-order valence-electron chi connectivity index (χ3n) is 9.89. The molecule has 2 heterocycles. The number of aliphatic hydroxyl groups excluding tert-OH is 1. The van der Waals surface area contributed by atoms with Crippen LogP contribution in [0, 0.1) is 37.2 Å². The standard InChI is InChI=1S/C33H29N2S.C13H24O2.Ir/c1-20-16-22(18-33(3,4)5)10-13-26(20)27-14-15-28-30-32(36-31(28)21(27)2)29(34-19-35-30)25-12-11-23-8-6-7-9-24(23)17-25;1-5-10(6-2)12(14)9-13(15)11(7-3)8-4;/h6-16,19H,18H2,1-5H3;9-11,14H,5-8H2,1-4H3;/q-1;;/b;12-9-;/i11D;;. The van der Waals surface area contributed by atoms with E-state index in [1.54, 1.807) is 17.7 Å². The van der Waals surface area contributed by atoms with Crippen LogP contribution in [0.1, 0.15) is 92.2 Å². The summed E-state index contributed by atoms with van der Waals surface area (Å²) in [4.78, 5) is 21.1. The fourth-order valence-corrected chi connectivity index (χ4v) is 8.22. The summed E-state index contributed by atoms with van der Waals surface area (Å²) >= 11 is 1.74. The van der Waals surface area contributed by atoms with Crippen molar-refractivity contribution in [1.29, 1.82) is 0 Å². The maximum atomic E-state index is 11.7. The van der Waals surface area contributed by atoms with Gasteiger partial charge in [0.05, 0.1) is 11.3 Å². The zero-order valence-corrected chi connectivity index (χ0v) is 35.3. The van der Waals surface area contributed by atoms with Gasteiger partial charge in [0.2, 0.25) is 0 Å². The van der Waals surface area contributed by atoms with Gasteiger partial charge in [0.25, 0.3) is 0 Å². The van der Waals surface area contributed by atoms with E-state index >= 15 is 0 Å². The first-order valence-corrected chi connectivity index (χ1v) is 19.2. The summed E-state index contributed by atoms with van der Waals surface area (Å²) < 4.78 is 10.8. The molecule has 0 saturated heterocycles. The molecule has 0 saturated carbocycles. The number of nitrogens with zero attached hydrogens (tertiary/aromatic N) is 2. The van der Waals surface area contributed by atoms with Gasteiger partial charge in [-0.05, 0) is 79.2 Å². The molecule has 0 bridgehead atoms. The SMILES string of the molecule is CCC(CC)C(=O)/C=C(\O)C(CC)CC.[2H]c1cc(-c2ncnc3c2sc2c(C)c(-c4ccc(CC(C)(C)C)cc4C)ccc23)[c-]c2ccccc12.[Ir]. The van der Waals surface area contributed by atoms with Gasteiger partial charge < -0.3 is 5.11 Å². The maximum Gasteiger partial charge on any atom is 0.162 e. The summed E-state index contributed by atoms with van der Waals surface area (Å²) in [5, 5.41) is 12.7. The van der Waals surface area contributed by atoms with E-state index in [0.29, 0.717) is 6.04 Å². The Balaban J connectivity index is 0.000000335. The fraction of sp³-hybridized carbons (Fsp3) is 0.370. The van der Waals surface area contributed by atoms with Gasteiger partial charge in [0.15, 0.2) is 5.78 Å². The number of carbonyl (C=O) groups excluding carboxylic acids is 1. The number of benzene rings is 4. The third-order valence-corrected chi connectivity index (χ3v) is 11.2. The Morgan fingerprint density at radius 3 is 2.23 bits per heavy atom. The third kappa shape index (κ3) is 9.26. The average Bonchev–Trinajstić information content (AvgIpc) is 3.49. The summed E-state index contributed by atoms with van der Waals surface area (Å²) in [6.07, 6.45) is 7.61. The first kappa shape index (κ1) is 39.5. The molecule has 6 rings (SSSR count). The molecule has 275 valence electrons. The molecule has 0 unspecified atom stereocenters. The Hall–Kier alpha value is -3.70. The summed E-state index contributed by atoms with van der Waals surface area (Å²) in [7, 11) is 0. The quantitative estimate of drug-likeness (QED) is 0.0845. The van der Waals surface area contributed by atoms with E-state index < -0.39 is 0 Å². The van der Waals surface area contributed by atoms with Crippen LogP contribution in [0.2, 0.25) is 0 Å². The Bertz CT molecular complexity index is 2240. The van der Waals surface area contributed by atoms with E-state index in [1.807, 2.05) is 58.0 Å². The van der Waals surface area contributed by atoms with E-state index in [2.05, 4.69) is 81.0 Å². The minimum Gasteiger partial charge on any atom is -0.512 e. The summed E-state index contributed by atoms with van der Waals surface area (Å²) in [6, 6.07) is 25.1. The Morgan fingerprint density at radius 2 is 1.58 bits per heavy atom. The van der Waals surface area contributed by atoms with Crippen LogP contribution in [0.3, 0.4) is 0 Å². The molecule has 0 fully saturated rings. The molecule has 0 amide bonds. The molecule has 0 spiro atoms. The molecule has 4 aromatic carbocycles. The van der Waals surface area contributed by atoms with Gasteiger partial charge in [0, 0.05) is 59.9 Å². The Labute approximate surface area is 329 Å². The number of thiophene rings is 1. The van der Waals surface area contributed by atoms with Crippen molar-refractivity contribution < 1.29 is 31.4 Å². The topological polar surface area (TPSA) is 63.1 Å². The van der Waals surface area contributed by atoms with E-state index in [-0.39, 0.29) is 48.9 Å². The zero-order valence-electron chi connectivity index (χ0n) is 33.1. The predicted molar refractivity (Wildman–Crippen MR) is 219 cm³/mol. The molecule has 1 radical (unpaired) electrons. The molecule has 52 heavy (non-hydrogen) atoms. The van der Waals surface area contributed by atoms with Crippen LogP contribution < -0.4 is 0 Å². The molecule has 4 nitrogen and oxygen atoms in total. The van der Waals surface area contributed by atoms with Crippen molar-refractivity contribution in [2.75, 3.05) is 0 Å². The van der Waals surface area contributed by atoms with E-state index in [9.17, 15) is 9.90 Å². The Morgan fingerprint density at radius 1 is 0.904 bits per heavy atom. The molecule has 6 aromatic rings. The minimum absolute atomic E-state index is 0. The first-order valence-electron chi connectivity index (χ1n) is 18.9. The molecule has 0 aliphatic carbocycles. The molecular weight excluding hydrogens is 837 g/mol. The van der Waals surface area contributed by atoms with E-state index in [0.717, 1.165) is 69.7 Å². The minimum atomic E-state index is 0. The summed E-state index contributed by atoms with van der Waals surface area (Å²) in [6.45, 7) is 19.4. The normalized spacial score (nSPS) is 12.3. The molecule has 1 N–H and O–H groups in total. The number of hydrogen-bond donors (Lipinski definition) is 1. The molecule has 0 aliphatic heterocycles. The van der Waals surface area contributed by atoms with E-state index in [4.69, 9.17) is 1.37 Å². The van der Waals surface area contributed by atoms with Gasteiger partial charge in [-0.1, -0.05) is 108 Å². The number of aromatic nitrogens is 2. The summed E-state index contributed by atoms with van der Waals surface area (Å²) in [5.74, 6) is 0.547. The fourth-order valence-electron chi connectivity index (χ4n) is 6.96. The number of carbonyl (C=O) groups is 1. The second-order valence-corrected chi connectivity index (χ2v) is 15.9. The van der Waals surface area contributed by atoms with Gasteiger partial charge in [-0.2, -0.15) is 0 Å². The van der Waals surface area contributed by atoms with Crippen molar-refractivity contribution in [3.8, 4) is 22.4 Å². The van der Waals surface area contributed by atoms with Gasteiger partial charge >= 0.3 is 0 Å². The molecular formula is C46H53IrN2O2S-. The van der Waals surface area contributed by atoms with Crippen LogP contribution in [0.15, 0.2) is 84.9 Å².